The summed E-state index contributed by atoms with van der Waals surface area (Å²) in [6, 6.07) is 3.82. The van der Waals surface area contributed by atoms with E-state index in [1.807, 2.05) is 0 Å². The van der Waals surface area contributed by atoms with E-state index < -0.39 is 23.5 Å². The number of fused-ring (bicyclic) bond motifs is 1. The second kappa shape index (κ2) is 5.84. The van der Waals surface area contributed by atoms with Gasteiger partial charge in [-0.15, -0.1) is 0 Å². The monoisotopic (exact) mass is 315 g/mol. The van der Waals surface area contributed by atoms with Gasteiger partial charge < -0.3 is 9.94 Å². The first-order valence-electron chi connectivity index (χ1n) is 5.77. The fraction of sp³-hybridized carbons (Fsp3) is 0.167. The molecule has 1 heterocycles. The van der Waals surface area contributed by atoms with Gasteiger partial charge in [0.25, 0.3) is 5.69 Å². The summed E-state index contributed by atoms with van der Waals surface area (Å²) in [5, 5.41) is 24.1. The summed E-state index contributed by atoms with van der Waals surface area (Å²) in [4.78, 5) is 18.1. The molecular weight excluding hydrogens is 307 g/mol. The molecule has 0 aliphatic heterocycles. The van der Waals surface area contributed by atoms with E-state index in [2.05, 4.69) is 15.0 Å². The Labute approximate surface area is 120 Å². The standard InChI is InChI=1S/C12H8F3N3O4/c13-12(14,15)6-22-17-5-7-4-9(18(20)21)8-2-1-3-16-10(8)11(7)19/h1-5,19H,6H2. The summed E-state index contributed by atoms with van der Waals surface area (Å²) in [5.41, 5.74) is -0.604. The van der Waals surface area contributed by atoms with Crippen molar-refractivity contribution in [3.05, 3.63) is 40.1 Å². The van der Waals surface area contributed by atoms with Crippen LogP contribution in [0, 0.1) is 10.1 Å². The normalized spacial score (nSPS) is 12.0. The Hall–Kier alpha value is -2.91. The van der Waals surface area contributed by atoms with Crippen LogP contribution in [0.1, 0.15) is 5.56 Å². The lowest BCUT2D eigenvalue weighted by Gasteiger charge is -2.05. The van der Waals surface area contributed by atoms with Crippen LogP contribution in [0.25, 0.3) is 10.9 Å². The number of hydrogen-bond donors (Lipinski definition) is 1. The van der Waals surface area contributed by atoms with Crippen LogP contribution in [0.5, 0.6) is 5.75 Å². The van der Waals surface area contributed by atoms with Crippen LogP contribution < -0.4 is 0 Å². The van der Waals surface area contributed by atoms with Crippen molar-refractivity contribution in [1.82, 2.24) is 4.98 Å². The highest BCUT2D eigenvalue weighted by Crippen LogP contribution is 2.33. The van der Waals surface area contributed by atoms with Gasteiger partial charge in [-0.25, -0.2) is 0 Å². The fourth-order valence-electron chi connectivity index (χ4n) is 1.68. The molecule has 0 fully saturated rings. The fourth-order valence-corrected chi connectivity index (χ4v) is 1.68. The summed E-state index contributed by atoms with van der Waals surface area (Å²) in [6.07, 6.45) is -2.49. The van der Waals surface area contributed by atoms with Gasteiger partial charge in [-0.2, -0.15) is 13.2 Å². The van der Waals surface area contributed by atoms with Crippen molar-refractivity contribution in [2.75, 3.05) is 6.61 Å². The zero-order chi connectivity index (χ0) is 16.3. The number of rotatable bonds is 4. The number of benzene rings is 1. The molecule has 10 heteroatoms. The summed E-state index contributed by atoms with van der Waals surface area (Å²) >= 11 is 0. The molecule has 0 atom stereocenters. The van der Waals surface area contributed by atoms with E-state index in [-0.39, 0.29) is 22.2 Å². The highest BCUT2D eigenvalue weighted by atomic mass is 19.4. The van der Waals surface area contributed by atoms with Gasteiger partial charge in [-0.3, -0.25) is 15.1 Å². The summed E-state index contributed by atoms with van der Waals surface area (Å²) < 4.78 is 35.7. The van der Waals surface area contributed by atoms with Gasteiger partial charge in [0.05, 0.1) is 16.5 Å². The van der Waals surface area contributed by atoms with E-state index in [1.54, 1.807) is 0 Å². The predicted molar refractivity (Wildman–Crippen MR) is 69.7 cm³/mol. The lowest BCUT2D eigenvalue weighted by molar-refractivity contribution is -0.383. The van der Waals surface area contributed by atoms with Crippen molar-refractivity contribution < 1.29 is 28.0 Å². The first-order valence-corrected chi connectivity index (χ1v) is 5.77. The molecule has 0 bridgehead atoms. The van der Waals surface area contributed by atoms with Crippen molar-refractivity contribution in [2.24, 2.45) is 5.16 Å². The van der Waals surface area contributed by atoms with E-state index in [0.29, 0.717) is 0 Å². The number of nitrogens with zero attached hydrogens (tertiary/aromatic N) is 3. The SMILES string of the molecule is O=[N+]([O-])c1cc(C=NOCC(F)(F)F)c(O)c2ncccc12. The molecule has 0 radical (unpaired) electrons. The molecule has 22 heavy (non-hydrogen) atoms. The zero-order valence-corrected chi connectivity index (χ0v) is 10.7. The summed E-state index contributed by atoms with van der Waals surface area (Å²) in [5.74, 6) is -0.444. The smallest absolute Gasteiger partial charge is 0.425 e. The molecule has 0 spiro atoms. The summed E-state index contributed by atoms with van der Waals surface area (Å²) in [6.45, 7) is -1.61. The van der Waals surface area contributed by atoms with Crippen molar-refractivity contribution >= 4 is 22.8 Å². The van der Waals surface area contributed by atoms with Crippen molar-refractivity contribution in [3.8, 4) is 5.75 Å². The minimum absolute atomic E-state index is 0.0611. The van der Waals surface area contributed by atoms with Gasteiger partial charge in [0, 0.05) is 17.8 Å². The maximum Gasteiger partial charge on any atom is 0.425 e. The molecule has 2 rings (SSSR count). The first kappa shape index (κ1) is 15.5. The van der Waals surface area contributed by atoms with Crippen LogP contribution in [0.3, 0.4) is 0 Å². The van der Waals surface area contributed by atoms with E-state index in [1.165, 1.54) is 18.3 Å². The van der Waals surface area contributed by atoms with E-state index in [4.69, 9.17) is 0 Å². The number of aromatic hydroxyl groups is 1. The molecule has 0 saturated heterocycles. The minimum atomic E-state index is -4.56. The highest BCUT2D eigenvalue weighted by Gasteiger charge is 2.28. The predicted octanol–water partition coefficient (Wildman–Crippen LogP) is 2.76. The highest BCUT2D eigenvalue weighted by molar-refractivity contribution is 5.99. The topological polar surface area (TPSA) is 97.9 Å². The van der Waals surface area contributed by atoms with Crippen LogP contribution in [-0.4, -0.2) is 34.0 Å². The Kier molecular flexibility index (Phi) is 4.11. The number of hydrogen-bond acceptors (Lipinski definition) is 6. The number of alkyl halides is 3. The van der Waals surface area contributed by atoms with Crippen molar-refractivity contribution in [3.63, 3.8) is 0 Å². The second-order valence-corrected chi connectivity index (χ2v) is 4.11. The van der Waals surface area contributed by atoms with Crippen LogP contribution in [0.2, 0.25) is 0 Å². The van der Waals surface area contributed by atoms with Gasteiger partial charge in [0.15, 0.2) is 5.75 Å². The summed E-state index contributed by atoms with van der Waals surface area (Å²) in [7, 11) is 0. The maximum atomic E-state index is 11.9. The molecule has 0 amide bonds. The van der Waals surface area contributed by atoms with Crippen LogP contribution >= 0.6 is 0 Å². The minimum Gasteiger partial charge on any atom is -0.505 e. The van der Waals surface area contributed by atoms with Crippen molar-refractivity contribution in [2.45, 2.75) is 6.18 Å². The molecule has 0 saturated carbocycles. The number of pyridine rings is 1. The molecule has 0 aliphatic rings. The largest absolute Gasteiger partial charge is 0.505 e. The Balaban J connectivity index is 2.40. The Morgan fingerprint density at radius 1 is 1.50 bits per heavy atom. The van der Waals surface area contributed by atoms with Gasteiger partial charge in [0.2, 0.25) is 6.61 Å². The average molecular weight is 315 g/mol. The molecule has 7 nitrogen and oxygen atoms in total. The van der Waals surface area contributed by atoms with Gasteiger partial charge in [0.1, 0.15) is 5.52 Å². The quantitative estimate of drug-likeness (QED) is 0.531. The molecule has 116 valence electrons. The number of halogens is 3. The number of nitro benzene ring substituents is 1. The zero-order valence-electron chi connectivity index (χ0n) is 10.7. The lowest BCUT2D eigenvalue weighted by atomic mass is 10.1. The molecule has 1 N–H and O–H groups in total. The number of phenols is 1. The van der Waals surface area contributed by atoms with Crippen LogP contribution in [0.15, 0.2) is 29.6 Å². The third kappa shape index (κ3) is 3.40. The molecule has 1 aromatic heterocycles. The second-order valence-electron chi connectivity index (χ2n) is 4.11. The van der Waals surface area contributed by atoms with E-state index in [9.17, 15) is 28.4 Å². The number of aromatic nitrogens is 1. The van der Waals surface area contributed by atoms with E-state index >= 15 is 0 Å². The molecule has 2 aromatic rings. The van der Waals surface area contributed by atoms with Gasteiger partial charge in [-0.05, 0) is 12.1 Å². The molecule has 0 unspecified atom stereocenters. The first-order chi connectivity index (χ1) is 10.3. The third-order valence-electron chi connectivity index (χ3n) is 2.56. The molecular formula is C12H8F3N3O4. The lowest BCUT2D eigenvalue weighted by Crippen LogP contribution is -2.14. The third-order valence-corrected chi connectivity index (χ3v) is 2.56. The number of oxime groups is 1. The number of nitro groups is 1. The average Bonchev–Trinajstić information content (AvgIpc) is 2.44. The Bertz CT molecular complexity index is 746. The van der Waals surface area contributed by atoms with E-state index in [0.717, 1.165) is 12.3 Å². The Morgan fingerprint density at radius 3 is 2.86 bits per heavy atom. The molecule has 0 aliphatic carbocycles. The number of non-ortho nitro benzene ring substituents is 1. The van der Waals surface area contributed by atoms with Gasteiger partial charge >= 0.3 is 6.18 Å². The van der Waals surface area contributed by atoms with Gasteiger partial charge in [-0.1, -0.05) is 5.16 Å². The van der Waals surface area contributed by atoms with Crippen molar-refractivity contribution in [1.29, 1.82) is 0 Å². The maximum absolute atomic E-state index is 11.9. The van der Waals surface area contributed by atoms with Crippen LogP contribution in [-0.2, 0) is 4.84 Å². The van der Waals surface area contributed by atoms with Crippen LogP contribution in [0.4, 0.5) is 18.9 Å². The number of phenolic OH excluding ortho intramolecular Hbond substituents is 1. The molecule has 1 aromatic carbocycles. The Morgan fingerprint density at radius 2 is 2.23 bits per heavy atom.